The first-order valence-electron chi connectivity index (χ1n) is 11.6. The molecule has 1 atom stereocenters. The molecule has 0 nitrogen and oxygen atoms in total. The number of fused-ring (bicyclic) bond motifs is 3. The zero-order chi connectivity index (χ0) is 22.7. The van der Waals surface area contributed by atoms with Crippen LogP contribution in [0.3, 0.4) is 0 Å². The summed E-state index contributed by atoms with van der Waals surface area (Å²) in [4.78, 5) is 0. The van der Waals surface area contributed by atoms with Crippen molar-refractivity contribution in [1.29, 1.82) is 0 Å². The van der Waals surface area contributed by atoms with E-state index < -0.39 is 0 Å². The summed E-state index contributed by atoms with van der Waals surface area (Å²) < 4.78 is 0. The van der Waals surface area contributed by atoms with E-state index >= 15 is 0 Å². The Morgan fingerprint density at radius 1 is 0.576 bits per heavy atom. The lowest BCUT2D eigenvalue weighted by Gasteiger charge is -2.34. The van der Waals surface area contributed by atoms with Crippen LogP contribution in [-0.4, -0.2) is 0 Å². The molecule has 0 bridgehead atoms. The van der Waals surface area contributed by atoms with E-state index in [-0.39, 0.29) is 5.41 Å². The van der Waals surface area contributed by atoms with Gasteiger partial charge in [0.25, 0.3) is 0 Å². The van der Waals surface area contributed by atoms with Gasteiger partial charge >= 0.3 is 0 Å². The summed E-state index contributed by atoms with van der Waals surface area (Å²) in [5.74, 6) is 0. The van der Waals surface area contributed by atoms with Crippen LogP contribution in [0.5, 0.6) is 0 Å². The van der Waals surface area contributed by atoms with Crippen LogP contribution in [0.4, 0.5) is 0 Å². The van der Waals surface area contributed by atoms with E-state index in [9.17, 15) is 0 Å². The quantitative estimate of drug-likeness (QED) is 0.290. The normalized spacial score (nSPS) is 17.0. The Morgan fingerprint density at radius 3 is 1.97 bits per heavy atom. The van der Waals surface area contributed by atoms with Gasteiger partial charge in [-0.15, -0.1) is 0 Å². The van der Waals surface area contributed by atoms with Crippen LogP contribution in [0.1, 0.15) is 30.5 Å². The van der Waals surface area contributed by atoms with Crippen LogP contribution in [0.2, 0.25) is 0 Å². The topological polar surface area (TPSA) is 0 Å². The Labute approximate surface area is 196 Å². The number of hydrogen-bond acceptors (Lipinski definition) is 0. The summed E-state index contributed by atoms with van der Waals surface area (Å²) in [6.07, 6.45) is 6.25. The number of hydrogen-bond donors (Lipinski definition) is 0. The average molecular weight is 423 g/mol. The molecule has 4 aromatic carbocycles. The monoisotopic (exact) mass is 422 g/mol. The summed E-state index contributed by atoms with van der Waals surface area (Å²) in [5, 5.41) is 0. The van der Waals surface area contributed by atoms with Crippen molar-refractivity contribution in [2.45, 2.75) is 19.3 Å². The Balaban J connectivity index is 0.00000111. The first kappa shape index (κ1) is 20.8. The van der Waals surface area contributed by atoms with E-state index in [1.165, 1.54) is 44.5 Å². The van der Waals surface area contributed by atoms with Gasteiger partial charge in [-0.1, -0.05) is 122 Å². The molecule has 0 saturated heterocycles. The molecule has 0 radical (unpaired) electrons. The van der Waals surface area contributed by atoms with Crippen molar-refractivity contribution in [3.05, 3.63) is 155 Å². The molecule has 0 N–H and O–H groups in total. The first-order valence-corrected chi connectivity index (χ1v) is 11.6. The second-order valence-electron chi connectivity index (χ2n) is 8.01. The van der Waals surface area contributed by atoms with E-state index in [0.29, 0.717) is 0 Å². The molecule has 4 aromatic rings. The molecule has 158 valence electrons. The highest BCUT2D eigenvalue weighted by atomic mass is 14.5. The van der Waals surface area contributed by atoms with Crippen molar-refractivity contribution in [2.24, 2.45) is 0 Å². The molecule has 0 amide bonds. The minimum atomic E-state index is -0.385. The van der Waals surface area contributed by atoms with E-state index in [0.717, 1.165) is 0 Å². The molecule has 6 rings (SSSR count). The maximum atomic E-state index is 3.22. The number of rotatable bonds is 3. The lowest BCUT2D eigenvalue weighted by atomic mass is 9.66. The van der Waals surface area contributed by atoms with Gasteiger partial charge in [0.15, 0.2) is 0 Å². The molecule has 0 saturated carbocycles. The average Bonchev–Trinajstić information content (AvgIpc) is 3.22. The second kappa shape index (κ2) is 8.81. The molecule has 0 aromatic heterocycles. The van der Waals surface area contributed by atoms with Gasteiger partial charge in [0.1, 0.15) is 0 Å². The Kier molecular flexibility index (Phi) is 5.55. The van der Waals surface area contributed by atoms with Gasteiger partial charge in [0.2, 0.25) is 0 Å². The zero-order valence-corrected chi connectivity index (χ0v) is 19.0. The molecule has 2 aliphatic rings. The molecular weight excluding hydrogens is 396 g/mol. The predicted molar refractivity (Wildman–Crippen MR) is 139 cm³/mol. The summed E-state index contributed by atoms with van der Waals surface area (Å²) in [7, 11) is 0. The van der Waals surface area contributed by atoms with Crippen LogP contribution in [0.25, 0.3) is 22.3 Å². The SMILES string of the molecule is C1=C=CC(C2(c3ccccc3)c3ccccc3-c3ccc(-c4ccccc4)cc32)=CC=1.CC. The first-order chi connectivity index (χ1) is 16.4. The second-order valence-corrected chi connectivity index (χ2v) is 8.01. The minimum Gasteiger partial charge on any atom is -0.0702 e. The Bertz CT molecular complexity index is 1420. The molecule has 1 unspecified atom stereocenters. The third kappa shape index (κ3) is 3.25. The fourth-order valence-electron chi connectivity index (χ4n) is 5.15. The van der Waals surface area contributed by atoms with Gasteiger partial charge in [0.05, 0.1) is 5.41 Å². The van der Waals surface area contributed by atoms with Gasteiger partial charge < -0.3 is 0 Å². The van der Waals surface area contributed by atoms with Gasteiger partial charge in [-0.05, 0) is 68.8 Å². The molecular formula is C33H26. The molecule has 0 aliphatic heterocycles. The largest absolute Gasteiger partial charge is 0.0720 e. The molecule has 33 heavy (non-hydrogen) atoms. The van der Waals surface area contributed by atoms with Crippen LogP contribution >= 0.6 is 0 Å². The maximum Gasteiger partial charge on any atom is 0.0720 e. The fourth-order valence-corrected chi connectivity index (χ4v) is 5.15. The lowest BCUT2D eigenvalue weighted by molar-refractivity contribution is 0.767. The lowest BCUT2D eigenvalue weighted by Crippen LogP contribution is -2.29. The summed E-state index contributed by atoms with van der Waals surface area (Å²) >= 11 is 0. The predicted octanol–water partition coefficient (Wildman–Crippen LogP) is 8.50. The zero-order valence-electron chi connectivity index (χ0n) is 19.0. The van der Waals surface area contributed by atoms with Crippen molar-refractivity contribution < 1.29 is 0 Å². The van der Waals surface area contributed by atoms with Crippen molar-refractivity contribution in [1.82, 2.24) is 0 Å². The fraction of sp³-hybridized carbons (Fsp3) is 0.0909. The highest BCUT2D eigenvalue weighted by molar-refractivity contribution is 5.88. The van der Waals surface area contributed by atoms with E-state index in [1.807, 2.05) is 19.9 Å². The third-order valence-electron chi connectivity index (χ3n) is 6.45. The summed E-state index contributed by atoms with van der Waals surface area (Å²) in [6.45, 7) is 4.00. The Hall–Kier alpha value is -4.08. The van der Waals surface area contributed by atoms with E-state index in [2.05, 4.69) is 127 Å². The van der Waals surface area contributed by atoms with Crippen molar-refractivity contribution in [3.8, 4) is 22.3 Å². The summed E-state index contributed by atoms with van der Waals surface area (Å²) in [5.41, 5.74) is 16.1. The molecule has 2 aliphatic carbocycles. The van der Waals surface area contributed by atoms with Crippen LogP contribution in [0.15, 0.2) is 138 Å². The van der Waals surface area contributed by atoms with Crippen molar-refractivity contribution in [3.63, 3.8) is 0 Å². The van der Waals surface area contributed by atoms with Crippen molar-refractivity contribution in [2.75, 3.05) is 0 Å². The minimum absolute atomic E-state index is 0.385. The highest BCUT2D eigenvalue weighted by Crippen LogP contribution is 2.57. The maximum absolute atomic E-state index is 3.22. The Morgan fingerprint density at radius 2 is 1.24 bits per heavy atom. The molecule has 0 heterocycles. The number of benzene rings is 4. The highest BCUT2D eigenvalue weighted by Gasteiger charge is 2.46. The van der Waals surface area contributed by atoms with E-state index in [1.54, 1.807) is 0 Å². The molecule has 0 spiro atoms. The molecule has 0 fully saturated rings. The number of allylic oxidation sites excluding steroid dienone is 4. The molecule has 0 heteroatoms. The smallest absolute Gasteiger partial charge is 0.0702 e. The van der Waals surface area contributed by atoms with Gasteiger partial charge in [-0.2, -0.15) is 0 Å². The van der Waals surface area contributed by atoms with Gasteiger partial charge in [0, 0.05) is 0 Å². The van der Waals surface area contributed by atoms with E-state index in [4.69, 9.17) is 0 Å². The van der Waals surface area contributed by atoms with Crippen LogP contribution < -0.4 is 0 Å². The van der Waals surface area contributed by atoms with Crippen LogP contribution in [-0.2, 0) is 5.41 Å². The van der Waals surface area contributed by atoms with Crippen molar-refractivity contribution >= 4 is 0 Å². The van der Waals surface area contributed by atoms with Crippen LogP contribution in [0, 0.1) is 0 Å². The third-order valence-corrected chi connectivity index (χ3v) is 6.45. The summed E-state index contributed by atoms with van der Waals surface area (Å²) in [6, 6.07) is 37.2. The van der Waals surface area contributed by atoms with Gasteiger partial charge in [-0.3, -0.25) is 0 Å². The standard InChI is InChI=1S/C31H20.C2H6/c1-4-12-23(13-5-1)24-20-21-28-27-18-10-11-19-29(27)31(30(28)22-24,25-14-6-2-7-15-25)26-16-8-3-9-17-26;1-2/h1-2,4-8,10-22H;1-2H3. The van der Waals surface area contributed by atoms with Gasteiger partial charge in [-0.25, -0.2) is 0 Å².